The summed E-state index contributed by atoms with van der Waals surface area (Å²) in [7, 11) is 2.12. The van der Waals surface area contributed by atoms with Crippen molar-refractivity contribution >= 4 is 22.6 Å². The molecule has 56 heavy (non-hydrogen) atoms. The zero-order valence-electron chi connectivity index (χ0n) is 31.4. The van der Waals surface area contributed by atoms with Gasteiger partial charge in [0.2, 0.25) is 5.91 Å². The number of likely N-dealkylation sites (tertiary alicyclic amines) is 1. The van der Waals surface area contributed by atoms with E-state index in [4.69, 9.17) is 9.47 Å². The summed E-state index contributed by atoms with van der Waals surface area (Å²) in [5.41, 5.74) is 6.52. The second-order valence-electron chi connectivity index (χ2n) is 14.8. The number of aliphatic hydroxyl groups is 1. The maximum Gasteiger partial charge on any atom is 0.471 e. The third-order valence-corrected chi connectivity index (χ3v) is 11.0. The van der Waals surface area contributed by atoms with E-state index in [2.05, 4.69) is 60.6 Å². The molecule has 5 aromatic rings. The van der Waals surface area contributed by atoms with Gasteiger partial charge in [-0.2, -0.15) is 13.2 Å². The number of likely N-dealkylation sites (N-methyl/N-ethyl adjacent to an activating group) is 1. The van der Waals surface area contributed by atoms with Gasteiger partial charge in [0.15, 0.2) is 6.29 Å². The smallest absolute Gasteiger partial charge is 0.392 e. The number of fused-ring (bicyclic) bond motifs is 1. The Hall–Kier alpha value is -5.07. The molecule has 11 heteroatoms. The first kappa shape index (κ1) is 39.2. The quantitative estimate of drug-likeness (QED) is 0.140. The molecule has 2 aliphatic heterocycles. The lowest BCUT2D eigenvalue weighted by Gasteiger charge is -2.39. The van der Waals surface area contributed by atoms with Crippen molar-refractivity contribution in [2.75, 3.05) is 20.1 Å². The molecule has 0 aromatic heterocycles. The number of aliphatic hydroxyl groups excluding tert-OH is 1. The number of hydrogen-bond donors (Lipinski definition) is 2. The zero-order valence-corrected chi connectivity index (χ0v) is 31.4. The van der Waals surface area contributed by atoms with Crippen LogP contribution in [0.5, 0.6) is 0 Å². The molecule has 0 saturated carbocycles. The van der Waals surface area contributed by atoms with Gasteiger partial charge in [-0.1, -0.05) is 103 Å². The Morgan fingerprint density at radius 3 is 2.32 bits per heavy atom. The van der Waals surface area contributed by atoms with Crippen LogP contribution in [0.15, 0.2) is 115 Å². The number of alkyl halides is 3. The van der Waals surface area contributed by atoms with E-state index < -0.39 is 30.3 Å². The van der Waals surface area contributed by atoms with Crippen LogP contribution in [-0.2, 0) is 32.2 Å². The molecule has 5 atom stereocenters. The van der Waals surface area contributed by atoms with Crippen LogP contribution in [0.4, 0.5) is 13.2 Å². The molecule has 2 N–H and O–H groups in total. The van der Waals surface area contributed by atoms with E-state index >= 15 is 0 Å². The Labute approximate surface area is 324 Å². The number of benzene rings is 5. The van der Waals surface area contributed by atoms with Gasteiger partial charge in [-0.15, -0.1) is 0 Å². The molecular formula is C45H46F3N3O5. The summed E-state index contributed by atoms with van der Waals surface area (Å²) < 4.78 is 52.5. The number of halogens is 3. The number of nitrogens with one attached hydrogen (secondary N) is 1. The monoisotopic (exact) mass is 765 g/mol. The van der Waals surface area contributed by atoms with Gasteiger partial charge >= 0.3 is 12.1 Å². The molecule has 0 bridgehead atoms. The Kier molecular flexibility index (Phi) is 11.9. The van der Waals surface area contributed by atoms with Crippen LogP contribution in [0.1, 0.15) is 72.4 Å². The van der Waals surface area contributed by atoms with E-state index in [1.165, 1.54) is 16.3 Å². The molecular weight excluding hydrogens is 720 g/mol. The maximum atomic E-state index is 13.1. The van der Waals surface area contributed by atoms with Crippen molar-refractivity contribution in [1.82, 2.24) is 15.1 Å². The summed E-state index contributed by atoms with van der Waals surface area (Å²) in [6.07, 6.45) is -4.84. The minimum atomic E-state index is -5.02. The molecule has 0 spiro atoms. The van der Waals surface area contributed by atoms with Gasteiger partial charge < -0.3 is 24.8 Å². The lowest BCUT2D eigenvalue weighted by atomic mass is 9.98. The highest BCUT2D eigenvalue weighted by molar-refractivity contribution is 5.90. The molecule has 2 amide bonds. The Morgan fingerprint density at radius 1 is 0.857 bits per heavy atom. The van der Waals surface area contributed by atoms with E-state index in [1.807, 2.05) is 78.9 Å². The first-order chi connectivity index (χ1) is 27.0. The van der Waals surface area contributed by atoms with Gasteiger partial charge in [0, 0.05) is 37.7 Å². The number of carbonyl (C=O) groups excluding carboxylic acids is 2. The molecule has 5 unspecified atom stereocenters. The number of nitrogens with zero attached hydrogens (tertiary/aromatic N) is 2. The summed E-state index contributed by atoms with van der Waals surface area (Å²) in [4.78, 5) is 27.6. The molecule has 2 fully saturated rings. The van der Waals surface area contributed by atoms with Crippen molar-refractivity contribution in [3.05, 3.63) is 143 Å². The first-order valence-corrected chi connectivity index (χ1v) is 19.0. The number of amides is 2. The van der Waals surface area contributed by atoms with Gasteiger partial charge in [0.05, 0.1) is 18.8 Å². The van der Waals surface area contributed by atoms with Crippen molar-refractivity contribution in [2.24, 2.45) is 0 Å². The second-order valence-corrected chi connectivity index (χ2v) is 14.8. The van der Waals surface area contributed by atoms with Crippen molar-refractivity contribution in [3.8, 4) is 11.1 Å². The summed E-state index contributed by atoms with van der Waals surface area (Å²) in [6.45, 7) is 2.86. The Balaban J connectivity index is 1.04. The van der Waals surface area contributed by atoms with E-state index in [0.717, 1.165) is 33.4 Å². The highest BCUT2D eigenvalue weighted by Gasteiger charge is 2.47. The molecule has 2 saturated heterocycles. The number of hydrogen-bond acceptors (Lipinski definition) is 6. The maximum absolute atomic E-state index is 13.1. The van der Waals surface area contributed by atoms with Crippen LogP contribution in [0.3, 0.4) is 0 Å². The molecule has 2 aliphatic rings. The van der Waals surface area contributed by atoms with Crippen LogP contribution in [0.2, 0.25) is 0 Å². The second kappa shape index (κ2) is 17.0. The Morgan fingerprint density at radius 2 is 1.59 bits per heavy atom. The first-order valence-electron chi connectivity index (χ1n) is 19.0. The van der Waals surface area contributed by atoms with Crippen molar-refractivity contribution in [3.63, 3.8) is 0 Å². The van der Waals surface area contributed by atoms with Crippen LogP contribution >= 0.6 is 0 Å². The topological polar surface area (TPSA) is 91.3 Å². The third-order valence-electron chi connectivity index (χ3n) is 11.0. The van der Waals surface area contributed by atoms with Crippen molar-refractivity contribution in [1.29, 1.82) is 0 Å². The predicted octanol–water partition coefficient (Wildman–Crippen LogP) is 8.41. The van der Waals surface area contributed by atoms with Gasteiger partial charge in [-0.25, -0.2) is 0 Å². The number of ether oxygens (including phenoxy) is 2. The zero-order chi connectivity index (χ0) is 39.4. The largest absolute Gasteiger partial charge is 0.471 e. The summed E-state index contributed by atoms with van der Waals surface area (Å²) >= 11 is 0. The summed E-state index contributed by atoms with van der Waals surface area (Å²) in [5, 5.41) is 14.8. The Bertz CT molecular complexity index is 2140. The van der Waals surface area contributed by atoms with Gasteiger partial charge in [-0.3, -0.25) is 14.5 Å². The minimum absolute atomic E-state index is 0.0335. The van der Waals surface area contributed by atoms with Crippen LogP contribution in [0.25, 0.3) is 21.9 Å². The van der Waals surface area contributed by atoms with Crippen LogP contribution in [0, 0.1) is 0 Å². The third kappa shape index (κ3) is 8.97. The van der Waals surface area contributed by atoms with Crippen molar-refractivity contribution in [2.45, 2.75) is 76.1 Å². The molecule has 7 rings (SSSR count). The van der Waals surface area contributed by atoms with Crippen LogP contribution < -0.4 is 5.32 Å². The molecule has 292 valence electrons. The van der Waals surface area contributed by atoms with Gasteiger partial charge in [0.25, 0.3) is 0 Å². The number of carbonyl (C=O) groups is 2. The van der Waals surface area contributed by atoms with E-state index in [-0.39, 0.29) is 44.4 Å². The lowest BCUT2D eigenvalue weighted by molar-refractivity contribution is -0.253. The SMILES string of the molecule is CC(c1ccc2ccccc2c1)N(C)CC1CC(c2ccc(CO)cc2)OC(c2ccc(-c3cccc(CNC(=O)C4CCCN4C(=O)C(F)(F)F)c3)cc2)O1. The van der Waals surface area contributed by atoms with Crippen molar-refractivity contribution < 1.29 is 37.3 Å². The molecule has 0 aliphatic carbocycles. The molecule has 8 nitrogen and oxygen atoms in total. The standard InChI is InChI=1S/C45H46F3N3O5/c1-29(36-21-18-32-8-3-4-9-38(32)24-36)50(2)27-39-25-41(34-14-12-30(28-52)13-15-34)56-43(55-39)35-19-16-33(17-20-35)37-10-5-7-31(23-37)26-49-42(53)40-11-6-22-51(40)44(54)45(46,47)48/h3-5,7-10,12-21,23-24,29,39-41,43,52H,6,11,22,25-28H2,1-2H3,(H,49,53). The predicted molar refractivity (Wildman–Crippen MR) is 208 cm³/mol. The normalized spacial score (nSPS) is 20.7. The summed E-state index contributed by atoms with van der Waals surface area (Å²) in [5.74, 6) is -2.58. The highest BCUT2D eigenvalue weighted by atomic mass is 19.4. The fourth-order valence-electron chi connectivity index (χ4n) is 7.68. The van der Waals surface area contributed by atoms with Crippen LogP contribution in [-0.4, -0.2) is 65.2 Å². The van der Waals surface area contributed by atoms with E-state index in [9.17, 15) is 27.9 Å². The highest BCUT2D eigenvalue weighted by Crippen LogP contribution is 2.39. The fraction of sp³-hybridized carbons (Fsp3) is 0.333. The van der Waals surface area contributed by atoms with Gasteiger partial charge in [0.1, 0.15) is 6.04 Å². The fourth-order valence-corrected chi connectivity index (χ4v) is 7.68. The summed E-state index contributed by atoms with van der Waals surface area (Å²) in [6, 6.07) is 37.3. The van der Waals surface area contributed by atoms with Gasteiger partial charge in [-0.05, 0) is 83.1 Å². The lowest BCUT2D eigenvalue weighted by Crippen LogP contribution is -2.50. The molecule has 0 radical (unpaired) electrons. The average Bonchev–Trinajstić information content (AvgIpc) is 3.72. The molecule has 2 heterocycles. The van der Waals surface area contributed by atoms with E-state index in [1.54, 1.807) is 0 Å². The minimum Gasteiger partial charge on any atom is -0.392 e. The average molecular weight is 766 g/mol. The number of rotatable bonds is 11. The van der Waals surface area contributed by atoms with E-state index in [0.29, 0.717) is 24.3 Å². The molecule has 5 aromatic carbocycles.